The molecule has 1 amide bonds. The third-order valence-corrected chi connectivity index (χ3v) is 6.28. The highest BCUT2D eigenvalue weighted by Gasteiger charge is 2.17. The summed E-state index contributed by atoms with van der Waals surface area (Å²) in [4.78, 5) is 11.8. The first-order valence-corrected chi connectivity index (χ1v) is 11.8. The second-order valence-corrected chi connectivity index (χ2v) is 8.96. The van der Waals surface area contributed by atoms with Crippen molar-refractivity contribution in [3.05, 3.63) is 59.5 Å². The first kappa shape index (κ1) is 22.4. The monoisotopic (exact) mass is 469 g/mol. The van der Waals surface area contributed by atoms with E-state index in [1.807, 2.05) is 0 Å². The zero-order chi connectivity index (χ0) is 23.4. The van der Waals surface area contributed by atoms with Gasteiger partial charge >= 0.3 is 0 Å². The van der Waals surface area contributed by atoms with E-state index in [-0.39, 0.29) is 10.8 Å². The Morgan fingerprint density at radius 3 is 2.52 bits per heavy atom. The molecular formula is C23H23N3O6S. The molecule has 4 rings (SSSR count). The summed E-state index contributed by atoms with van der Waals surface area (Å²) in [6.45, 7) is 4.37. The summed E-state index contributed by atoms with van der Waals surface area (Å²) in [5.41, 5.74) is 2.21. The van der Waals surface area contributed by atoms with Crippen molar-refractivity contribution in [1.29, 1.82) is 0 Å². The topological polar surface area (TPSA) is 120 Å². The molecule has 33 heavy (non-hydrogen) atoms. The van der Waals surface area contributed by atoms with Gasteiger partial charge in [-0.25, -0.2) is 8.42 Å². The van der Waals surface area contributed by atoms with Crippen LogP contribution in [0.1, 0.15) is 30.4 Å². The predicted molar refractivity (Wildman–Crippen MR) is 124 cm³/mol. The van der Waals surface area contributed by atoms with Gasteiger partial charge in [-0.15, -0.1) is 0 Å². The summed E-state index contributed by atoms with van der Waals surface area (Å²) in [6.07, 6.45) is 3.75. The Balaban J connectivity index is 1.47. The molecule has 0 fully saturated rings. The number of hydrogen-bond donors (Lipinski definition) is 2. The van der Waals surface area contributed by atoms with Crippen molar-refractivity contribution in [2.75, 3.05) is 23.3 Å². The minimum absolute atomic E-state index is 0.112. The summed E-state index contributed by atoms with van der Waals surface area (Å²) in [5, 5.41) is 6.65. The van der Waals surface area contributed by atoms with Gasteiger partial charge in [0.05, 0.1) is 10.6 Å². The zero-order valence-corrected chi connectivity index (χ0v) is 18.9. The van der Waals surface area contributed by atoms with Gasteiger partial charge in [-0.05, 0) is 42.8 Å². The fraction of sp³-hybridized carbons (Fsp3) is 0.217. The van der Waals surface area contributed by atoms with Crippen molar-refractivity contribution >= 4 is 39.5 Å². The fourth-order valence-corrected chi connectivity index (χ4v) is 4.18. The van der Waals surface area contributed by atoms with Crippen LogP contribution in [0.4, 0.5) is 11.4 Å². The van der Waals surface area contributed by atoms with E-state index >= 15 is 0 Å². The molecular weight excluding hydrogens is 446 g/mol. The molecule has 0 saturated carbocycles. The number of aromatic nitrogens is 1. The number of nitrogens with one attached hydrogen (secondary N) is 2. The molecule has 1 aliphatic heterocycles. The van der Waals surface area contributed by atoms with E-state index in [1.165, 1.54) is 12.1 Å². The smallest absolute Gasteiger partial charge is 0.261 e. The van der Waals surface area contributed by atoms with Crippen LogP contribution in [0.15, 0.2) is 51.9 Å². The van der Waals surface area contributed by atoms with Gasteiger partial charge in [0, 0.05) is 12.5 Å². The van der Waals surface area contributed by atoms with E-state index in [4.69, 9.17) is 14.0 Å². The third-order valence-electron chi connectivity index (χ3n) is 4.89. The normalized spacial score (nSPS) is 13.2. The predicted octanol–water partition coefficient (Wildman–Crippen LogP) is 4.07. The van der Waals surface area contributed by atoms with Crippen LogP contribution >= 0.6 is 0 Å². The van der Waals surface area contributed by atoms with E-state index in [0.29, 0.717) is 54.0 Å². The van der Waals surface area contributed by atoms with Crippen molar-refractivity contribution in [2.24, 2.45) is 0 Å². The van der Waals surface area contributed by atoms with Crippen LogP contribution < -0.4 is 19.5 Å². The number of benzene rings is 2. The lowest BCUT2D eigenvalue weighted by Gasteiger charge is -2.19. The Kier molecular flexibility index (Phi) is 6.36. The maximum absolute atomic E-state index is 12.8. The summed E-state index contributed by atoms with van der Waals surface area (Å²) >= 11 is 0. The lowest BCUT2D eigenvalue weighted by Crippen LogP contribution is -2.16. The van der Waals surface area contributed by atoms with Gasteiger partial charge in [0.2, 0.25) is 5.91 Å². The van der Waals surface area contributed by atoms with Crippen LogP contribution in [-0.4, -0.2) is 32.7 Å². The SMILES string of the molecule is CCC(=O)Nc1c(C)noc1C=Cc1ccc(S(=O)(=O)Nc2ccc3c(c2)OCCO3)cc1. The molecule has 0 bridgehead atoms. The lowest BCUT2D eigenvalue weighted by molar-refractivity contribution is -0.115. The van der Waals surface area contributed by atoms with Gasteiger partial charge < -0.3 is 19.3 Å². The molecule has 1 aliphatic rings. The van der Waals surface area contributed by atoms with Gasteiger partial charge in [0.1, 0.15) is 24.6 Å². The molecule has 10 heteroatoms. The number of carbonyl (C=O) groups excluding carboxylic acids is 1. The Labute approximate surface area is 191 Å². The van der Waals surface area contributed by atoms with Crippen molar-refractivity contribution < 1.29 is 27.2 Å². The first-order valence-electron chi connectivity index (χ1n) is 10.3. The Morgan fingerprint density at radius 2 is 1.79 bits per heavy atom. The number of aryl methyl sites for hydroxylation is 1. The molecule has 2 N–H and O–H groups in total. The number of anilines is 2. The van der Waals surface area contributed by atoms with E-state index in [2.05, 4.69) is 15.2 Å². The van der Waals surface area contributed by atoms with Crippen LogP contribution in [0.5, 0.6) is 11.5 Å². The maximum Gasteiger partial charge on any atom is 0.261 e. The number of nitrogens with zero attached hydrogens (tertiary/aromatic N) is 1. The minimum atomic E-state index is -3.79. The van der Waals surface area contributed by atoms with Crippen LogP contribution in [-0.2, 0) is 14.8 Å². The van der Waals surface area contributed by atoms with Gasteiger partial charge in [-0.2, -0.15) is 0 Å². The number of carbonyl (C=O) groups is 1. The average molecular weight is 470 g/mol. The lowest BCUT2D eigenvalue weighted by atomic mass is 10.2. The summed E-state index contributed by atoms with van der Waals surface area (Å²) in [6, 6.07) is 11.2. The average Bonchev–Trinajstić information content (AvgIpc) is 3.16. The van der Waals surface area contributed by atoms with E-state index < -0.39 is 10.0 Å². The van der Waals surface area contributed by atoms with Crippen molar-refractivity contribution in [3.8, 4) is 11.5 Å². The highest BCUT2D eigenvalue weighted by atomic mass is 32.2. The summed E-state index contributed by atoms with van der Waals surface area (Å²) in [5.74, 6) is 1.35. The molecule has 0 atom stereocenters. The van der Waals surface area contributed by atoms with Gasteiger partial charge in [0.25, 0.3) is 10.0 Å². The molecule has 2 aromatic carbocycles. The quantitative estimate of drug-likeness (QED) is 0.535. The highest BCUT2D eigenvalue weighted by molar-refractivity contribution is 7.92. The van der Waals surface area contributed by atoms with Gasteiger partial charge in [-0.1, -0.05) is 30.3 Å². The fourth-order valence-electron chi connectivity index (χ4n) is 3.13. The number of hydrogen-bond acceptors (Lipinski definition) is 7. The zero-order valence-electron chi connectivity index (χ0n) is 18.1. The number of fused-ring (bicyclic) bond motifs is 1. The molecule has 0 radical (unpaired) electrons. The molecule has 9 nitrogen and oxygen atoms in total. The van der Waals surface area contributed by atoms with E-state index in [9.17, 15) is 13.2 Å². The minimum Gasteiger partial charge on any atom is -0.486 e. The van der Waals surface area contributed by atoms with Crippen molar-refractivity contribution in [3.63, 3.8) is 0 Å². The molecule has 0 saturated heterocycles. The number of amides is 1. The molecule has 1 aromatic heterocycles. The third kappa shape index (κ3) is 5.17. The molecule has 0 unspecified atom stereocenters. The van der Waals surface area contributed by atoms with Crippen LogP contribution in [0.3, 0.4) is 0 Å². The molecule has 172 valence electrons. The van der Waals surface area contributed by atoms with Crippen LogP contribution in [0.25, 0.3) is 12.2 Å². The van der Waals surface area contributed by atoms with E-state index in [1.54, 1.807) is 56.3 Å². The molecule has 2 heterocycles. The first-order chi connectivity index (χ1) is 15.9. The highest BCUT2D eigenvalue weighted by Crippen LogP contribution is 2.33. The van der Waals surface area contributed by atoms with Gasteiger partial charge in [0.15, 0.2) is 17.3 Å². The number of sulfonamides is 1. The maximum atomic E-state index is 12.8. The van der Waals surface area contributed by atoms with Gasteiger partial charge in [-0.3, -0.25) is 9.52 Å². The Morgan fingerprint density at radius 1 is 1.06 bits per heavy atom. The summed E-state index contributed by atoms with van der Waals surface area (Å²) < 4.78 is 44.3. The molecule has 3 aromatic rings. The molecule has 0 spiro atoms. The van der Waals surface area contributed by atoms with Crippen LogP contribution in [0, 0.1) is 6.92 Å². The largest absolute Gasteiger partial charge is 0.486 e. The standard InChI is InChI=1S/C23H23N3O6S/c1-3-22(27)24-23-15(2)25-32-20(23)10-6-16-4-8-18(9-5-16)33(28,29)26-17-7-11-19-21(14-17)31-13-12-30-19/h4-11,14,26H,3,12-13H2,1-2H3,(H,24,27). The van der Waals surface area contributed by atoms with E-state index in [0.717, 1.165) is 5.56 Å². The number of rotatable bonds is 7. The van der Waals surface area contributed by atoms with Crippen molar-refractivity contribution in [2.45, 2.75) is 25.2 Å². The molecule has 0 aliphatic carbocycles. The summed E-state index contributed by atoms with van der Waals surface area (Å²) in [7, 11) is -3.79. The second-order valence-electron chi connectivity index (χ2n) is 7.28. The number of ether oxygens (including phenoxy) is 2. The Bertz CT molecular complexity index is 1300. The second kappa shape index (κ2) is 9.37. The van der Waals surface area contributed by atoms with Crippen LogP contribution in [0.2, 0.25) is 0 Å². The Hall–Kier alpha value is -3.79. The van der Waals surface area contributed by atoms with Crippen molar-refractivity contribution in [1.82, 2.24) is 5.16 Å².